The lowest BCUT2D eigenvalue weighted by molar-refractivity contribution is -0.0288. The van der Waals surface area contributed by atoms with Crippen LogP contribution in [-0.2, 0) is 9.47 Å². The average Bonchev–Trinajstić information content (AvgIpc) is 2.97. The van der Waals surface area contributed by atoms with Crippen molar-refractivity contribution in [2.75, 3.05) is 13.2 Å². The molecule has 0 radical (unpaired) electrons. The van der Waals surface area contributed by atoms with E-state index in [0.29, 0.717) is 0 Å². The fraction of sp³-hybridized carbons (Fsp3) is 0.929. The third kappa shape index (κ3) is 2.79. The summed E-state index contributed by atoms with van der Waals surface area (Å²) in [5.74, 6) is 0. The summed E-state index contributed by atoms with van der Waals surface area (Å²) in [7, 11) is 0. The van der Waals surface area contributed by atoms with E-state index in [9.17, 15) is 4.79 Å². The Kier molecular flexibility index (Phi) is 3.34. The summed E-state index contributed by atoms with van der Waals surface area (Å²) in [6.45, 7) is 9.46. The maximum Gasteiger partial charge on any atom is 0.408 e. The van der Waals surface area contributed by atoms with Crippen molar-refractivity contribution < 1.29 is 14.3 Å². The van der Waals surface area contributed by atoms with Crippen molar-refractivity contribution in [3.63, 3.8) is 0 Å². The van der Waals surface area contributed by atoms with E-state index in [4.69, 9.17) is 9.47 Å². The van der Waals surface area contributed by atoms with Gasteiger partial charge in [-0.05, 0) is 46.5 Å². The number of carbonyl (C=O) groups excluding carboxylic acids is 1. The zero-order chi connectivity index (χ0) is 13.4. The molecule has 0 spiro atoms. The predicted octanol–water partition coefficient (Wildman–Crippen LogP) is 2.86. The second kappa shape index (κ2) is 4.41. The Morgan fingerprint density at radius 2 is 1.94 bits per heavy atom. The standard InChI is InChI=1S/C14H25NO3/c1-12(2,3)18-11(16)15-14(7-8-14)13(4)6-5-9-17-10-13/h5-10H2,1-4H3,(H,15,16). The summed E-state index contributed by atoms with van der Waals surface area (Å²) in [4.78, 5) is 11.9. The molecule has 1 saturated carbocycles. The highest BCUT2D eigenvalue weighted by Crippen LogP contribution is 2.53. The molecular weight excluding hydrogens is 230 g/mol. The van der Waals surface area contributed by atoms with Crippen LogP contribution in [0.2, 0.25) is 0 Å². The molecule has 2 aliphatic rings. The predicted molar refractivity (Wildman–Crippen MR) is 69.5 cm³/mol. The smallest absolute Gasteiger partial charge is 0.408 e. The second-order valence-electron chi connectivity index (χ2n) is 6.93. The first kappa shape index (κ1) is 13.7. The lowest BCUT2D eigenvalue weighted by atomic mass is 9.75. The van der Waals surface area contributed by atoms with Gasteiger partial charge in [0.2, 0.25) is 0 Å². The Morgan fingerprint density at radius 3 is 2.39 bits per heavy atom. The molecule has 1 heterocycles. The number of rotatable bonds is 2. The highest BCUT2D eigenvalue weighted by atomic mass is 16.6. The van der Waals surface area contributed by atoms with E-state index in [-0.39, 0.29) is 17.0 Å². The number of ether oxygens (including phenoxy) is 2. The van der Waals surface area contributed by atoms with Gasteiger partial charge in [-0.1, -0.05) is 6.92 Å². The molecule has 2 fully saturated rings. The number of hydrogen-bond donors (Lipinski definition) is 1. The third-order valence-electron chi connectivity index (χ3n) is 4.08. The normalized spacial score (nSPS) is 30.7. The average molecular weight is 255 g/mol. The maximum atomic E-state index is 11.9. The molecule has 1 amide bonds. The van der Waals surface area contributed by atoms with Crippen molar-refractivity contribution >= 4 is 6.09 Å². The quantitative estimate of drug-likeness (QED) is 0.825. The Balaban J connectivity index is 1.97. The number of hydrogen-bond acceptors (Lipinski definition) is 3. The summed E-state index contributed by atoms with van der Waals surface area (Å²) in [5.41, 5.74) is -0.484. The highest BCUT2D eigenvalue weighted by molar-refractivity contribution is 5.69. The number of amides is 1. The first-order chi connectivity index (χ1) is 8.27. The first-order valence-electron chi connectivity index (χ1n) is 6.85. The number of nitrogens with one attached hydrogen (secondary N) is 1. The van der Waals surface area contributed by atoms with E-state index < -0.39 is 5.60 Å². The van der Waals surface area contributed by atoms with Gasteiger partial charge in [-0.25, -0.2) is 4.79 Å². The van der Waals surface area contributed by atoms with Gasteiger partial charge in [0, 0.05) is 12.0 Å². The Bertz CT molecular complexity index is 322. The minimum Gasteiger partial charge on any atom is -0.444 e. The molecule has 0 bridgehead atoms. The molecular formula is C14H25NO3. The SMILES string of the molecule is CC(C)(C)OC(=O)NC1(C2(C)CCCOC2)CC1. The van der Waals surface area contributed by atoms with Gasteiger partial charge in [-0.15, -0.1) is 0 Å². The van der Waals surface area contributed by atoms with Crippen LogP contribution in [0.5, 0.6) is 0 Å². The van der Waals surface area contributed by atoms with Crippen LogP contribution in [-0.4, -0.2) is 30.4 Å². The molecule has 104 valence electrons. The van der Waals surface area contributed by atoms with Crippen molar-refractivity contribution in [3.05, 3.63) is 0 Å². The van der Waals surface area contributed by atoms with Gasteiger partial charge in [0.05, 0.1) is 12.1 Å². The van der Waals surface area contributed by atoms with Crippen molar-refractivity contribution in [1.29, 1.82) is 0 Å². The van der Waals surface area contributed by atoms with Crippen LogP contribution in [0.1, 0.15) is 53.4 Å². The molecule has 2 rings (SSSR count). The molecule has 4 nitrogen and oxygen atoms in total. The van der Waals surface area contributed by atoms with Crippen LogP contribution in [0.15, 0.2) is 0 Å². The van der Waals surface area contributed by atoms with Gasteiger partial charge in [-0.3, -0.25) is 0 Å². The zero-order valence-electron chi connectivity index (χ0n) is 12.0. The zero-order valence-corrected chi connectivity index (χ0v) is 12.0. The highest BCUT2D eigenvalue weighted by Gasteiger charge is 2.58. The summed E-state index contributed by atoms with van der Waals surface area (Å²) in [6.07, 6.45) is 3.96. The third-order valence-corrected chi connectivity index (χ3v) is 4.08. The van der Waals surface area contributed by atoms with Crippen LogP contribution < -0.4 is 5.32 Å². The number of carbonyl (C=O) groups is 1. The van der Waals surface area contributed by atoms with Gasteiger partial charge in [0.1, 0.15) is 5.60 Å². The lowest BCUT2D eigenvalue weighted by Crippen LogP contribution is -2.53. The van der Waals surface area contributed by atoms with E-state index in [1.54, 1.807) is 0 Å². The fourth-order valence-corrected chi connectivity index (χ4v) is 2.81. The van der Waals surface area contributed by atoms with E-state index >= 15 is 0 Å². The Hall–Kier alpha value is -0.770. The van der Waals surface area contributed by atoms with Gasteiger partial charge in [0.25, 0.3) is 0 Å². The van der Waals surface area contributed by atoms with E-state index in [2.05, 4.69) is 12.2 Å². The van der Waals surface area contributed by atoms with Crippen LogP contribution in [0.25, 0.3) is 0 Å². The van der Waals surface area contributed by atoms with E-state index in [1.807, 2.05) is 20.8 Å². The van der Waals surface area contributed by atoms with Crippen LogP contribution in [0.3, 0.4) is 0 Å². The summed E-state index contributed by atoms with van der Waals surface area (Å²) >= 11 is 0. The van der Waals surface area contributed by atoms with Crippen LogP contribution in [0.4, 0.5) is 4.79 Å². The van der Waals surface area contributed by atoms with Crippen molar-refractivity contribution in [2.45, 2.75) is 64.5 Å². The summed E-state index contributed by atoms with van der Waals surface area (Å²) in [5, 5.41) is 3.09. The van der Waals surface area contributed by atoms with E-state index in [0.717, 1.165) is 38.9 Å². The molecule has 0 aromatic carbocycles. The molecule has 1 saturated heterocycles. The van der Waals surface area contributed by atoms with Gasteiger partial charge in [-0.2, -0.15) is 0 Å². The van der Waals surface area contributed by atoms with Crippen molar-refractivity contribution in [2.24, 2.45) is 5.41 Å². The van der Waals surface area contributed by atoms with Gasteiger partial charge >= 0.3 is 6.09 Å². The molecule has 1 unspecified atom stereocenters. The van der Waals surface area contributed by atoms with Crippen molar-refractivity contribution in [3.8, 4) is 0 Å². The summed E-state index contributed by atoms with van der Waals surface area (Å²) < 4.78 is 11.0. The molecule has 1 atom stereocenters. The lowest BCUT2D eigenvalue weighted by Gasteiger charge is -2.41. The van der Waals surface area contributed by atoms with Crippen molar-refractivity contribution in [1.82, 2.24) is 5.32 Å². The second-order valence-corrected chi connectivity index (χ2v) is 6.93. The molecule has 1 N–H and O–H groups in total. The Labute approximate surface area is 109 Å². The van der Waals surface area contributed by atoms with Gasteiger partial charge in [0.15, 0.2) is 0 Å². The minimum atomic E-state index is -0.440. The first-order valence-corrected chi connectivity index (χ1v) is 6.85. The maximum absolute atomic E-state index is 11.9. The topological polar surface area (TPSA) is 47.6 Å². The van der Waals surface area contributed by atoms with Gasteiger partial charge < -0.3 is 14.8 Å². The molecule has 4 heteroatoms. The molecule has 1 aliphatic carbocycles. The van der Waals surface area contributed by atoms with Crippen LogP contribution in [0, 0.1) is 5.41 Å². The van der Waals surface area contributed by atoms with Crippen LogP contribution >= 0.6 is 0 Å². The van der Waals surface area contributed by atoms with E-state index in [1.165, 1.54) is 0 Å². The molecule has 1 aliphatic heterocycles. The molecule has 0 aromatic heterocycles. The monoisotopic (exact) mass is 255 g/mol. The Morgan fingerprint density at radius 1 is 1.28 bits per heavy atom. The molecule has 0 aromatic rings. The molecule has 18 heavy (non-hydrogen) atoms. The largest absolute Gasteiger partial charge is 0.444 e. The fourth-order valence-electron chi connectivity index (χ4n) is 2.81. The summed E-state index contributed by atoms with van der Waals surface area (Å²) in [6, 6.07) is 0. The number of alkyl carbamates (subject to hydrolysis) is 1. The minimum absolute atomic E-state index is 0.0577.